The molecule has 14 heavy (non-hydrogen) atoms. The Morgan fingerprint density at radius 2 is 2.21 bits per heavy atom. The van der Waals surface area contributed by atoms with Crippen molar-refractivity contribution in [2.24, 2.45) is 5.73 Å². The first-order chi connectivity index (χ1) is 6.60. The fourth-order valence-corrected chi connectivity index (χ4v) is 1.74. The Balaban J connectivity index is 3.24. The molecule has 2 nitrogen and oxygen atoms in total. The summed E-state index contributed by atoms with van der Waals surface area (Å²) in [4.78, 5) is 0. The molecule has 0 radical (unpaired) electrons. The summed E-state index contributed by atoms with van der Waals surface area (Å²) in [6.07, 6.45) is 0. The molecule has 0 saturated carbocycles. The van der Waals surface area contributed by atoms with E-state index in [4.69, 9.17) is 10.5 Å². The van der Waals surface area contributed by atoms with Gasteiger partial charge >= 0.3 is 0 Å². The highest BCUT2D eigenvalue weighted by Gasteiger charge is 2.16. The standard InChI is InChI=1S/C10H13BrFNO/c1-6(5-13)10-8(12)3-7(11)4-9(10)14-2/h3-4,6H,5,13H2,1-2H3. The van der Waals surface area contributed by atoms with Gasteiger partial charge in [0, 0.05) is 10.0 Å². The second-order valence-electron chi connectivity index (χ2n) is 3.14. The second kappa shape index (κ2) is 4.75. The molecule has 1 atom stereocenters. The molecule has 1 unspecified atom stereocenters. The van der Waals surface area contributed by atoms with E-state index in [9.17, 15) is 4.39 Å². The number of hydrogen-bond donors (Lipinski definition) is 1. The number of halogens is 2. The number of benzene rings is 1. The summed E-state index contributed by atoms with van der Waals surface area (Å²) in [5, 5.41) is 0. The highest BCUT2D eigenvalue weighted by Crippen LogP contribution is 2.31. The van der Waals surface area contributed by atoms with Crippen LogP contribution in [0.15, 0.2) is 16.6 Å². The van der Waals surface area contributed by atoms with Crippen LogP contribution in [0.3, 0.4) is 0 Å². The fourth-order valence-electron chi connectivity index (χ4n) is 1.33. The molecule has 0 saturated heterocycles. The molecule has 0 heterocycles. The molecule has 0 aliphatic carbocycles. The highest BCUT2D eigenvalue weighted by atomic mass is 79.9. The van der Waals surface area contributed by atoms with Crippen molar-refractivity contribution in [2.45, 2.75) is 12.8 Å². The first-order valence-electron chi connectivity index (χ1n) is 4.33. The van der Waals surface area contributed by atoms with Gasteiger partial charge in [0.25, 0.3) is 0 Å². The molecule has 78 valence electrons. The largest absolute Gasteiger partial charge is 0.496 e. The SMILES string of the molecule is COc1cc(Br)cc(F)c1C(C)CN. The quantitative estimate of drug-likeness (QED) is 0.908. The average molecular weight is 262 g/mol. The van der Waals surface area contributed by atoms with Crippen molar-refractivity contribution in [3.63, 3.8) is 0 Å². The third kappa shape index (κ3) is 2.25. The molecule has 1 aromatic rings. The molecule has 0 amide bonds. The summed E-state index contributed by atoms with van der Waals surface area (Å²) in [6.45, 7) is 2.27. The molecule has 0 bridgehead atoms. The number of ether oxygens (including phenoxy) is 1. The van der Waals surface area contributed by atoms with Crippen molar-refractivity contribution in [1.29, 1.82) is 0 Å². The van der Waals surface area contributed by atoms with Gasteiger partial charge in [-0.1, -0.05) is 22.9 Å². The molecule has 1 aromatic carbocycles. The Labute approximate surface area is 91.4 Å². The van der Waals surface area contributed by atoms with Crippen molar-refractivity contribution in [3.8, 4) is 5.75 Å². The Kier molecular flexibility index (Phi) is 3.89. The Bertz CT molecular complexity index is 330. The van der Waals surface area contributed by atoms with Crippen LogP contribution in [-0.2, 0) is 0 Å². The van der Waals surface area contributed by atoms with Crippen LogP contribution in [0.25, 0.3) is 0 Å². The lowest BCUT2D eigenvalue weighted by molar-refractivity contribution is 0.400. The smallest absolute Gasteiger partial charge is 0.131 e. The van der Waals surface area contributed by atoms with Gasteiger partial charge in [-0.2, -0.15) is 0 Å². The van der Waals surface area contributed by atoms with E-state index in [1.807, 2.05) is 6.92 Å². The molecular formula is C10H13BrFNO. The van der Waals surface area contributed by atoms with Crippen LogP contribution in [0.1, 0.15) is 18.4 Å². The maximum atomic E-state index is 13.6. The van der Waals surface area contributed by atoms with Crippen LogP contribution >= 0.6 is 15.9 Å². The van der Waals surface area contributed by atoms with Gasteiger partial charge in [0.05, 0.1) is 7.11 Å². The van der Waals surface area contributed by atoms with E-state index in [0.29, 0.717) is 22.3 Å². The Hall–Kier alpha value is -0.610. The topological polar surface area (TPSA) is 35.2 Å². The van der Waals surface area contributed by atoms with Crippen molar-refractivity contribution in [1.82, 2.24) is 0 Å². The van der Waals surface area contributed by atoms with Crippen LogP contribution in [0.5, 0.6) is 5.75 Å². The summed E-state index contributed by atoms with van der Waals surface area (Å²) in [6, 6.07) is 3.16. The second-order valence-corrected chi connectivity index (χ2v) is 4.06. The van der Waals surface area contributed by atoms with E-state index in [0.717, 1.165) is 0 Å². The minimum absolute atomic E-state index is 0.0435. The minimum Gasteiger partial charge on any atom is -0.496 e. The normalized spacial score (nSPS) is 12.6. The van der Waals surface area contributed by atoms with Crippen LogP contribution in [-0.4, -0.2) is 13.7 Å². The lowest BCUT2D eigenvalue weighted by Crippen LogP contribution is -2.11. The van der Waals surface area contributed by atoms with Crippen LogP contribution in [0, 0.1) is 5.82 Å². The zero-order valence-corrected chi connectivity index (χ0v) is 9.77. The summed E-state index contributed by atoms with van der Waals surface area (Å²) in [7, 11) is 1.52. The lowest BCUT2D eigenvalue weighted by atomic mass is 10.00. The van der Waals surface area contributed by atoms with Crippen molar-refractivity contribution in [3.05, 3.63) is 28.0 Å². The molecule has 0 aliphatic rings. The Morgan fingerprint density at radius 3 is 2.71 bits per heavy atom. The van der Waals surface area contributed by atoms with Gasteiger partial charge < -0.3 is 10.5 Å². The summed E-state index contributed by atoms with van der Waals surface area (Å²) in [5.41, 5.74) is 6.04. The van der Waals surface area contributed by atoms with Gasteiger partial charge in [0.15, 0.2) is 0 Å². The number of methoxy groups -OCH3 is 1. The molecule has 0 spiro atoms. The maximum Gasteiger partial charge on any atom is 0.131 e. The lowest BCUT2D eigenvalue weighted by Gasteiger charge is -2.15. The first kappa shape index (κ1) is 11.5. The van der Waals surface area contributed by atoms with Crippen molar-refractivity contribution < 1.29 is 9.13 Å². The van der Waals surface area contributed by atoms with Crippen LogP contribution in [0.2, 0.25) is 0 Å². The van der Waals surface area contributed by atoms with Crippen LogP contribution < -0.4 is 10.5 Å². The monoisotopic (exact) mass is 261 g/mol. The van der Waals surface area contributed by atoms with Crippen molar-refractivity contribution in [2.75, 3.05) is 13.7 Å². The van der Waals surface area contributed by atoms with Gasteiger partial charge in [-0.25, -0.2) is 4.39 Å². The molecule has 1 rings (SSSR count). The predicted octanol–water partition coefficient (Wildman–Crippen LogP) is 2.66. The summed E-state index contributed by atoms with van der Waals surface area (Å²) >= 11 is 3.21. The van der Waals surface area contributed by atoms with E-state index in [-0.39, 0.29) is 11.7 Å². The third-order valence-electron chi connectivity index (χ3n) is 2.12. The molecular weight excluding hydrogens is 249 g/mol. The van der Waals surface area contributed by atoms with E-state index in [2.05, 4.69) is 15.9 Å². The van der Waals surface area contributed by atoms with Gasteiger partial charge in [0.1, 0.15) is 11.6 Å². The first-order valence-corrected chi connectivity index (χ1v) is 5.12. The third-order valence-corrected chi connectivity index (χ3v) is 2.58. The van der Waals surface area contributed by atoms with Gasteiger partial charge in [-0.15, -0.1) is 0 Å². The molecule has 2 N–H and O–H groups in total. The molecule has 0 aliphatic heterocycles. The van der Waals surface area contributed by atoms with Gasteiger partial charge in [-0.05, 0) is 24.6 Å². The predicted molar refractivity (Wildman–Crippen MR) is 58.1 cm³/mol. The summed E-state index contributed by atoms with van der Waals surface area (Å²) in [5.74, 6) is 0.210. The maximum absolute atomic E-state index is 13.6. The number of rotatable bonds is 3. The zero-order valence-electron chi connectivity index (χ0n) is 8.18. The highest BCUT2D eigenvalue weighted by molar-refractivity contribution is 9.10. The van der Waals surface area contributed by atoms with E-state index in [1.54, 1.807) is 6.07 Å². The van der Waals surface area contributed by atoms with Gasteiger partial charge in [0.2, 0.25) is 0 Å². The van der Waals surface area contributed by atoms with Crippen LogP contribution in [0.4, 0.5) is 4.39 Å². The molecule has 0 fully saturated rings. The van der Waals surface area contributed by atoms with Gasteiger partial charge in [-0.3, -0.25) is 0 Å². The number of hydrogen-bond acceptors (Lipinski definition) is 2. The van der Waals surface area contributed by atoms with E-state index >= 15 is 0 Å². The number of nitrogens with two attached hydrogens (primary N) is 1. The fraction of sp³-hybridized carbons (Fsp3) is 0.400. The van der Waals surface area contributed by atoms with E-state index in [1.165, 1.54) is 13.2 Å². The minimum atomic E-state index is -0.283. The molecule has 0 aromatic heterocycles. The molecule has 4 heteroatoms. The summed E-state index contributed by atoms with van der Waals surface area (Å²) < 4.78 is 19.3. The average Bonchev–Trinajstić information content (AvgIpc) is 2.15. The zero-order chi connectivity index (χ0) is 10.7. The van der Waals surface area contributed by atoms with Crippen molar-refractivity contribution >= 4 is 15.9 Å². The Morgan fingerprint density at radius 1 is 1.57 bits per heavy atom. The van der Waals surface area contributed by atoms with E-state index < -0.39 is 0 Å².